The smallest absolute Gasteiger partial charge is 0.251 e. The molecule has 0 spiro atoms. The molecule has 21 heavy (non-hydrogen) atoms. The summed E-state index contributed by atoms with van der Waals surface area (Å²) in [5.41, 5.74) is 1.06. The number of nitrogens with one attached hydrogen (secondary N) is 2. The van der Waals surface area contributed by atoms with E-state index in [9.17, 15) is 4.79 Å². The molecule has 0 aromatic heterocycles. The van der Waals surface area contributed by atoms with Crippen LogP contribution < -0.4 is 10.6 Å². The Morgan fingerprint density at radius 3 is 2.67 bits per heavy atom. The first kappa shape index (κ1) is 15.5. The summed E-state index contributed by atoms with van der Waals surface area (Å²) in [7, 11) is 0. The van der Waals surface area contributed by atoms with Crippen LogP contribution in [0.4, 0.5) is 0 Å². The summed E-state index contributed by atoms with van der Waals surface area (Å²) in [6.07, 6.45) is 7.82. The molecule has 4 heteroatoms. The van der Waals surface area contributed by atoms with Gasteiger partial charge in [-0.15, -0.1) is 0 Å². The maximum absolute atomic E-state index is 12.0. The topological polar surface area (TPSA) is 64.9 Å². The molecule has 0 saturated heterocycles. The standard InChI is InChI=1S/C17H23N3O/c18-13-14-6-5-7-15(12-14)17(21)20-11-10-19-16-8-3-1-2-4-9-16/h5-7,12,16,19H,1-4,8-11H2,(H,20,21). The van der Waals surface area contributed by atoms with Crippen molar-refractivity contribution in [2.24, 2.45) is 0 Å². The lowest BCUT2D eigenvalue weighted by Gasteiger charge is -2.16. The molecule has 1 aliphatic carbocycles. The summed E-state index contributed by atoms with van der Waals surface area (Å²) in [6, 6.07) is 9.43. The van der Waals surface area contributed by atoms with Crippen molar-refractivity contribution >= 4 is 5.91 Å². The van der Waals surface area contributed by atoms with Gasteiger partial charge in [0.2, 0.25) is 0 Å². The normalized spacial score (nSPS) is 16.0. The molecule has 1 aliphatic rings. The van der Waals surface area contributed by atoms with Gasteiger partial charge in [0, 0.05) is 24.7 Å². The van der Waals surface area contributed by atoms with E-state index in [1.54, 1.807) is 24.3 Å². The molecule has 0 atom stereocenters. The molecule has 0 unspecified atom stereocenters. The van der Waals surface area contributed by atoms with Crippen LogP contribution in [0.15, 0.2) is 24.3 Å². The summed E-state index contributed by atoms with van der Waals surface area (Å²) in [5.74, 6) is -0.116. The molecular weight excluding hydrogens is 262 g/mol. The minimum atomic E-state index is -0.116. The second-order valence-corrected chi connectivity index (χ2v) is 5.59. The zero-order valence-corrected chi connectivity index (χ0v) is 12.4. The van der Waals surface area contributed by atoms with Gasteiger partial charge < -0.3 is 10.6 Å². The Kier molecular flexibility index (Phi) is 6.23. The first-order chi connectivity index (χ1) is 10.3. The van der Waals surface area contributed by atoms with Crippen LogP contribution in [0.5, 0.6) is 0 Å². The lowest BCUT2D eigenvalue weighted by molar-refractivity contribution is 0.0953. The minimum Gasteiger partial charge on any atom is -0.351 e. The van der Waals surface area contributed by atoms with Gasteiger partial charge in [-0.25, -0.2) is 0 Å². The van der Waals surface area contributed by atoms with Crippen molar-refractivity contribution in [2.45, 2.75) is 44.6 Å². The maximum atomic E-state index is 12.0. The van der Waals surface area contributed by atoms with Gasteiger partial charge in [-0.05, 0) is 31.0 Å². The highest BCUT2D eigenvalue weighted by molar-refractivity contribution is 5.94. The Balaban J connectivity index is 1.70. The average Bonchev–Trinajstić information content (AvgIpc) is 2.80. The van der Waals surface area contributed by atoms with Gasteiger partial charge in [0.15, 0.2) is 0 Å². The number of amides is 1. The number of rotatable bonds is 5. The largest absolute Gasteiger partial charge is 0.351 e. The molecule has 0 aliphatic heterocycles. The third-order valence-corrected chi connectivity index (χ3v) is 3.95. The fraction of sp³-hybridized carbons (Fsp3) is 0.529. The molecule has 0 radical (unpaired) electrons. The fourth-order valence-corrected chi connectivity index (χ4v) is 2.77. The molecule has 1 aromatic rings. The summed E-state index contributed by atoms with van der Waals surface area (Å²) < 4.78 is 0. The van der Waals surface area contributed by atoms with Crippen molar-refractivity contribution < 1.29 is 4.79 Å². The van der Waals surface area contributed by atoms with Crippen molar-refractivity contribution in [2.75, 3.05) is 13.1 Å². The first-order valence-corrected chi connectivity index (χ1v) is 7.81. The van der Waals surface area contributed by atoms with E-state index in [0.717, 1.165) is 6.54 Å². The lowest BCUT2D eigenvalue weighted by Crippen LogP contribution is -2.36. The van der Waals surface area contributed by atoms with Crippen LogP contribution in [0.2, 0.25) is 0 Å². The van der Waals surface area contributed by atoms with Crippen LogP contribution >= 0.6 is 0 Å². The molecule has 1 fully saturated rings. The van der Waals surface area contributed by atoms with Gasteiger partial charge in [0.25, 0.3) is 5.91 Å². The van der Waals surface area contributed by atoms with Gasteiger partial charge in [0.05, 0.1) is 11.6 Å². The van der Waals surface area contributed by atoms with Crippen LogP contribution in [0, 0.1) is 11.3 Å². The number of hydrogen-bond acceptors (Lipinski definition) is 3. The third-order valence-electron chi connectivity index (χ3n) is 3.95. The van der Waals surface area contributed by atoms with Crippen molar-refractivity contribution in [3.63, 3.8) is 0 Å². The summed E-state index contributed by atoms with van der Waals surface area (Å²) >= 11 is 0. The second kappa shape index (κ2) is 8.43. The molecule has 0 bridgehead atoms. The highest BCUT2D eigenvalue weighted by atomic mass is 16.1. The van der Waals surface area contributed by atoms with Crippen LogP contribution in [-0.2, 0) is 0 Å². The fourth-order valence-electron chi connectivity index (χ4n) is 2.77. The van der Waals surface area contributed by atoms with Gasteiger partial charge in [-0.2, -0.15) is 5.26 Å². The van der Waals surface area contributed by atoms with Crippen LogP contribution in [0.25, 0.3) is 0 Å². The van der Waals surface area contributed by atoms with E-state index in [0.29, 0.717) is 23.7 Å². The quantitative estimate of drug-likeness (QED) is 0.645. The van der Waals surface area contributed by atoms with E-state index >= 15 is 0 Å². The molecule has 112 valence electrons. The first-order valence-electron chi connectivity index (χ1n) is 7.81. The Morgan fingerprint density at radius 2 is 1.95 bits per heavy atom. The SMILES string of the molecule is N#Cc1cccc(C(=O)NCCNC2CCCCCC2)c1. The van der Waals surface area contributed by atoms with Crippen molar-refractivity contribution in [3.8, 4) is 6.07 Å². The number of benzene rings is 1. The second-order valence-electron chi connectivity index (χ2n) is 5.59. The molecule has 1 saturated carbocycles. The van der Waals surface area contributed by atoms with Gasteiger partial charge in [0.1, 0.15) is 0 Å². The van der Waals surface area contributed by atoms with Crippen LogP contribution in [0.1, 0.15) is 54.4 Å². The summed E-state index contributed by atoms with van der Waals surface area (Å²) in [5, 5.41) is 15.3. The third kappa shape index (κ3) is 5.20. The maximum Gasteiger partial charge on any atom is 0.251 e. The van der Waals surface area contributed by atoms with Gasteiger partial charge in [-0.1, -0.05) is 31.7 Å². The number of nitriles is 1. The Hall–Kier alpha value is -1.86. The number of nitrogens with zero attached hydrogens (tertiary/aromatic N) is 1. The van der Waals surface area contributed by atoms with Crippen molar-refractivity contribution in [1.82, 2.24) is 10.6 Å². The zero-order valence-electron chi connectivity index (χ0n) is 12.4. The monoisotopic (exact) mass is 285 g/mol. The molecule has 0 heterocycles. The predicted octanol–water partition coefficient (Wildman–Crippen LogP) is 2.60. The van der Waals surface area contributed by atoms with E-state index in [2.05, 4.69) is 10.6 Å². The number of hydrogen-bond donors (Lipinski definition) is 2. The zero-order chi connectivity index (χ0) is 14.9. The number of carbonyl (C=O) groups excluding carboxylic acids is 1. The molecular formula is C17H23N3O. The highest BCUT2D eigenvalue weighted by Crippen LogP contribution is 2.16. The van der Waals surface area contributed by atoms with Crippen molar-refractivity contribution in [1.29, 1.82) is 5.26 Å². The number of carbonyl (C=O) groups is 1. The minimum absolute atomic E-state index is 0.116. The molecule has 4 nitrogen and oxygen atoms in total. The molecule has 1 amide bonds. The Morgan fingerprint density at radius 1 is 1.19 bits per heavy atom. The van der Waals surface area contributed by atoms with E-state index in [-0.39, 0.29) is 5.91 Å². The van der Waals surface area contributed by atoms with Crippen molar-refractivity contribution in [3.05, 3.63) is 35.4 Å². The van der Waals surface area contributed by atoms with Crippen LogP contribution in [-0.4, -0.2) is 25.0 Å². The van der Waals surface area contributed by atoms with Crippen LogP contribution in [0.3, 0.4) is 0 Å². The lowest BCUT2D eigenvalue weighted by atomic mass is 10.1. The molecule has 2 rings (SSSR count). The summed E-state index contributed by atoms with van der Waals surface area (Å²) in [4.78, 5) is 12.0. The van der Waals surface area contributed by atoms with E-state index in [1.165, 1.54) is 38.5 Å². The Labute approximate surface area is 126 Å². The van der Waals surface area contributed by atoms with E-state index in [4.69, 9.17) is 5.26 Å². The molecule has 2 N–H and O–H groups in total. The average molecular weight is 285 g/mol. The van der Waals surface area contributed by atoms with E-state index < -0.39 is 0 Å². The predicted molar refractivity (Wildman–Crippen MR) is 83.0 cm³/mol. The molecule has 1 aromatic carbocycles. The van der Waals surface area contributed by atoms with Gasteiger partial charge >= 0.3 is 0 Å². The highest BCUT2D eigenvalue weighted by Gasteiger charge is 2.11. The summed E-state index contributed by atoms with van der Waals surface area (Å²) in [6.45, 7) is 1.42. The van der Waals surface area contributed by atoms with Gasteiger partial charge in [-0.3, -0.25) is 4.79 Å². The van der Waals surface area contributed by atoms with E-state index in [1.807, 2.05) is 6.07 Å². The Bertz CT molecular complexity index is 499.